The van der Waals surface area contributed by atoms with Crippen LogP contribution in [0.2, 0.25) is 0 Å². The van der Waals surface area contributed by atoms with Crippen LogP contribution >= 0.6 is 10.3 Å². The summed E-state index contributed by atoms with van der Waals surface area (Å²) in [6.07, 6.45) is 0. The molecular weight excluding hydrogens is 553 g/mol. The van der Waals surface area contributed by atoms with Crippen molar-refractivity contribution in [1.82, 2.24) is 0 Å². The lowest BCUT2D eigenvalue weighted by atomic mass is 10.0. The molecule has 0 aliphatic rings. The van der Waals surface area contributed by atoms with E-state index in [1.165, 1.54) is 14.2 Å². The first-order valence-corrected chi connectivity index (χ1v) is 16.0. The van der Waals surface area contributed by atoms with Crippen LogP contribution in [0.15, 0.2) is 153 Å². The highest BCUT2D eigenvalue weighted by molar-refractivity contribution is 8.33. The number of ether oxygens (including phenoxy) is 2. The maximum absolute atomic E-state index is 14.8. The molecule has 6 rings (SSSR count). The number of hydrogen-bond donors (Lipinski definition) is 0. The molecule has 5 nitrogen and oxygen atoms in total. The molecule has 41 heavy (non-hydrogen) atoms. The fourth-order valence-corrected chi connectivity index (χ4v) is 10.7. The summed E-state index contributed by atoms with van der Waals surface area (Å²) in [4.78, 5) is 2.17. The van der Waals surface area contributed by atoms with Gasteiger partial charge in [0.15, 0.2) is 11.5 Å². The third-order valence-corrected chi connectivity index (χ3v) is 12.2. The number of hydrogen-bond acceptors (Lipinski definition) is 5. The highest BCUT2D eigenvalue weighted by Gasteiger charge is 2.40. The minimum atomic E-state index is -4.50. The van der Waals surface area contributed by atoms with Crippen molar-refractivity contribution in [3.8, 4) is 11.5 Å². The maximum atomic E-state index is 14.8. The third kappa shape index (κ3) is 4.72. The average Bonchev–Trinajstić information content (AvgIpc) is 3.02. The molecule has 0 aliphatic heterocycles. The second-order valence-corrected chi connectivity index (χ2v) is 13.8. The molecule has 0 spiro atoms. The Labute approximate surface area is 241 Å². The molecule has 206 valence electrons. The first kappa shape index (κ1) is 26.9. The summed E-state index contributed by atoms with van der Waals surface area (Å²) in [6.45, 7) is 0. The summed E-state index contributed by atoms with van der Waals surface area (Å²) in [5.41, 5.74) is 0. The van der Waals surface area contributed by atoms with Gasteiger partial charge in [0.1, 0.15) is 4.90 Å². The van der Waals surface area contributed by atoms with E-state index in [2.05, 4.69) is 0 Å². The summed E-state index contributed by atoms with van der Waals surface area (Å²) >= 11 is 0. The molecular formula is C34H28O5S2. The molecule has 0 fully saturated rings. The van der Waals surface area contributed by atoms with Crippen molar-refractivity contribution in [2.45, 2.75) is 19.6 Å². The van der Waals surface area contributed by atoms with E-state index in [1.807, 2.05) is 127 Å². The SMILES string of the molecule is COc1cc2cc3ccccc3cc2c(S(=O)(=O)OS(c2ccccc2)(c2ccccc2)c2ccccc2)c1OC. The zero-order valence-electron chi connectivity index (χ0n) is 22.6. The van der Waals surface area contributed by atoms with Gasteiger partial charge in [0, 0.05) is 20.1 Å². The van der Waals surface area contributed by atoms with Gasteiger partial charge in [-0.1, -0.05) is 78.9 Å². The summed E-state index contributed by atoms with van der Waals surface area (Å²) in [5, 5.41) is 3.07. The summed E-state index contributed by atoms with van der Waals surface area (Å²) < 4.78 is 47.7. The smallest absolute Gasteiger partial charge is 0.311 e. The highest BCUT2D eigenvalue weighted by Crippen LogP contribution is 2.70. The second kappa shape index (κ2) is 10.9. The third-order valence-electron chi connectivity index (χ3n) is 6.97. The summed E-state index contributed by atoms with van der Waals surface area (Å²) in [5.74, 6) is 0.398. The van der Waals surface area contributed by atoms with Crippen LogP contribution in [-0.2, 0) is 13.7 Å². The minimum Gasteiger partial charge on any atom is -0.493 e. The fourth-order valence-electron chi connectivity index (χ4n) is 5.14. The fraction of sp³-hybridized carbons (Fsp3) is 0.0588. The van der Waals surface area contributed by atoms with Crippen molar-refractivity contribution >= 4 is 42.0 Å². The molecule has 0 saturated carbocycles. The molecule has 6 aromatic carbocycles. The van der Waals surface area contributed by atoms with Crippen LogP contribution < -0.4 is 9.47 Å². The Morgan fingerprint density at radius 1 is 0.512 bits per heavy atom. The van der Waals surface area contributed by atoms with Gasteiger partial charge in [-0.3, -0.25) is 0 Å². The summed E-state index contributed by atoms with van der Waals surface area (Å²) in [7, 11) is -4.34. The Morgan fingerprint density at radius 3 is 1.44 bits per heavy atom. The Bertz CT molecular complexity index is 1850. The maximum Gasteiger partial charge on any atom is 0.311 e. The Hall–Kier alpha value is -4.30. The van der Waals surface area contributed by atoms with Gasteiger partial charge in [0.2, 0.25) is 0 Å². The molecule has 0 atom stereocenters. The van der Waals surface area contributed by atoms with E-state index in [-0.39, 0.29) is 10.6 Å². The van der Waals surface area contributed by atoms with E-state index in [4.69, 9.17) is 13.1 Å². The predicted octanol–water partition coefficient (Wildman–Crippen LogP) is 8.61. The van der Waals surface area contributed by atoms with E-state index in [9.17, 15) is 8.42 Å². The lowest BCUT2D eigenvalue weighted by Gasteiger charge is -2.39. The lowest BCUT2D eigenvalue weighted by Crippen LogP contribution is -2.16. The topological polar surface area (TPSA) is 61.8 Å². The molecule has 0 aliphatic carbocycles. The predicted molar refractivity (Wildman–Crippen MR) is 165 cm³/mol. The van der Waals surface area contributed by atoms with Gasteiger partial charge in [-0.2, -0.15) is 8.42 Å². The normalized spacial score (nSPS) is 12.3. The van der Waals surface area contributed by atoms with Gasteiger partial charge in [-0.15, -0.1) is 0 Å². The lowest BCUT2D eigenvalue weighted by molar-refractivity contribution is 0.347. The van der Waals surface area contributed by atoms with Crippen LogP contribution in [0.4, 0.5) is 0 Å². The first-order chi connectivity index (χ1) is 20.0. The molecule has 0 heterocycles. The largest absolute Gasteiger partial charge is 0.493 e. The van der Waals surface area contributed by atoms with Crippen LogP contribution in [0.5, 0.6) is 11.5 Å². The number of benzene rings is 6. The van der Waals surface area contributed by atoms with E-state index in [0.717, 1.165) is 25.5 Å². The molecule has 6 aromatic rings. The van der Waals surface area contributed by atoms with Gasteiger partial charge < -0.3 is 9.47 Å². The van der Waals surface area contributed by atoms with Crippen LogP contribution in [0.1, 0.15) is 0 Å². The van der Waals surface area contributed by atoms with Crippen LogP contribution in [0.25, 0.3) is 21.5 Å². The molecule has 0 N–H and O–H groups in total. The van der Waals surface area contributed by atoms with Crippen molar-refractivity contribution in [3.05, 3.63) is 133 Å². The zero-order valence-corrected chi connectivity index (χ0v) is 24.2. The van der Waals surface area contributed by atoms with Crippen molar-refractivity contribution < 1.29 is 21.5 Å². The highest BCUT2D eigenvalue weighted by atomic mass is 32.3. The van der Waals surface area contributed by atoms with Crippen LogP contribution in [-0.4, -0.2) is 22.6 Å². The van der Waals surface area contributed by atoms with Gasteiger partial charge in [0.05, 0.1) is 14.2 Å². The van der Waals surface area contributed by atoms with Gasteiger partial charge in [-0.25, -0.2) is 3.63 Å². The molecule has 0 amide bonds. The van der Waals surface area contributed by atoms with E-state index < -0.39 is 20.4 Å². The van der Waals surface area contributed by atoms with Crippen LogP contribution in [0.3, 0.4) is 0 Å². The number of rotatable bonds is 8. The Kier molecular flexibility index (Phi) is 7.17. The second-order valence-electron chi connectivity index (χ2n) is 9.38. The quantitative estimate of drug-likeness (QED) is 0.169. The molecule has 0 saturated heterocycles. The van der Waals surface area contributed by atoms with Crippen molar-refractivity contribution in [2.24, 2.45) is 0 Å². The van der Waals surface area contributed by atoms with Crippen molar-refractivity contribution in [1.29, 1.82) is 0 Å². The molecule has 0 bridgehead atoms. The summed E-state index contributed by atoms with van der Waals surface area (Å²) in [6, 6.07) is 42.0. The molecule has 0 radical (unpaired) electrons. The first-order valence-electron chi connectivity index (χ1n) is 13.0. The van der Waals surface area contributed by atoms with E-state index in [0.29, 0.717) is 16.5 Å². The molecule has 0 unspecified atom stereocenters. The Balaban J connectivity index is 1.69. The van der Waals surface area contributed by atoms with Crippen molar-refractivity contribution in [3.63, 3.8) is 0 Å². The zero-order chi connectivity index (χ0) is 28.5. The van der Waals surface area contributed by atoms with E-state index in [1.54, 1.807) is 6.07 Å². The van der Waals surface area contributed by atoms with Crippen molar-refractivity contribution in [2.75, 3.05) is 14.2 Å². The standard InChI is InChI=1S/C34H28O5S2/c1-37-32-24-27-22-25-14-12-13-15-26(25)23-31(27)34(33(32)38-2)41(35,36)39-40(28-16-6-3-7-17-28,29-18-8-4-9-19-29)30-20-10-5-11-21-30/h3-24H,1-2H3. The Morgan fingerprint density at radius 2 is 0.976 bits per heavy atom. The molecule has 7 heteroatoms. The van der Waals surface area contributed by atoms with Gasteiger partial charge in [-0.05, 0) is 81.1 Å². The van der Waals surface area contributed by atoms with Gasteiger partial charge >= 0.3 is 10.1 Å². The van der Waals surface area contributed by atoms with E-state index >= 15 is 0 Å². The number of fused-ring (bicyclic) bond motifs is 2. The van der Waals surface area contributed by atoms with Crippen LogP contribution in [0, 0.1) is 0 Å². The number of methoxy groups -OCH3 is 2. The monoisotopic (exact) mass is 580 g/mol. The van der Waals surface area contributed by atoms with Gasteiger partial charge in [0.25, 0.3) is 0 Å². The average molecular weight is 581 g/mol. The molecule has 0 aromatic heterocycles. The minimum absolute atomic E-state index is 0.0697.